The van der Waals surface area contributed by atoms with Gasteiger partial charge in [0.05, 0.1) is 22.8 Å². The van der Waals surface area contributed by atoms with E-state index in [-0.39, 0.29) is 22.8 Å². The summed E-state index contributed by atoms with van der Waals surface area (Å²) in [6.07, 6.45) is 1.83. The van der Waals surface area contributed by atoms with Gasteiger partial charge in [0.15, 0.2) is 5.78 Å². The van der Waals surface area contributed by atoms with Crippen LogP contribution in [0.25, 0.3) is 0 Å². The fourth-order valence-corrected chi connectivity index (χ4v) is 2.87. The first-order valence-electron chi connectivity index (χ1n) is 6.86. The van der Waals surface area contributed by atoms with Crippen LogP contribution in [0.3, 0.4) is 0 Å². The average Bonchev–Trinajstić information content (AvgIpc) is 2.89. The maximum absolute atomic E-state index is 13.8. The van der Waals surface area contributed by atoms with E-state index in [9.17, 15) is 9.18 Å². The molecule has 0 aromatic heterocycles. The maximum Gasteiger partial charge on any atom is 0.171 e. The van der Waals surface area contributed by atoms with Crippen molar-refractivity contribution in [1.82, 2.24) is 0 Å². The summed E-state index contributed by atoms with van der Waals surface area (Å²) in [5.41, 5.74) is 3.73. The lowest BCUT2D eigenvalue weighted by molar-refractivity contribution is 0.0989. The van der Waals surface area contributed by atoms with E-state index in [1.807, 2.05) is 18.2 Å². The number of hydrogen-bond acceptors (Lipinski definition) is 2. The molecule has 4 heteroatoms. The Hall–Kier alpha value is -2.26. The van der Waals surface area contributed by atoms with Crippen molar-refractivity contribution in [3.05, 3.63) is 82.1 Å². The predicted octanol–water partition coefficient (Wildman–Crippen LogP) is 4.39. The Kier molecular flexibility index (Phi) is 3.90. The van der Waals surface area contributed by atoms with Gasteiger partial charge < -0.3 is 0 Å². The van der Waals surface area contributed by atoms with Crippen molar-refractivity contribution >= 4 is 23.1 Å². The molecule has 2 aromatic carbocycles. The van der Waals surface area contributed by atoms with Crippen LogP contribution in [0.4, 0.5) is 4.39 Å². The molecule has 22 heavy (non-hydrogen) atoms. The van der Waals surface area contributed by atoms with Gasteiger partial charge in [0.25, 0.3) is 0 Å². The standard InChI is InChI=1S/C18H13ClFNO/c1-2-16-13-7-6-11(8-12(13)10-21-16)9-17(22)18-14(19)4-3-5-15(18)20/h2-8H,1,9-10H2. The molecular formula is C18H13ClFNO. The second kappa shape index (κ2) is 5.85. The lowest BCUT2D eigenvalue weighted by Crippen LogP contribution is -2.07. The Labute approximate surface area is 133 Å². The van der Waals surface area contributed by atoms with Crippen molar-refractivity contribution in [2.24, 2.45) is 4.99 Å². The van der Waals surface area contributed by atoms with Crippen molar-refractivity contribution in [1.29, 1.82) is 0 Å². The molecule has 2 nitrogen and oxygen atoms in total. The number of carbonyl (C=O) groups is 1. The van der Waals surface area contributed by atoms with E-state index in [0.717, 1.165) is 22.4 Å². The van der Waals surface area contributed by atoms with Crippen LogP contribution in [-0.2, 0) is 13.0 Å². The fraction of sp³-hybridized carbons (Fsp3) is 0.111. The van der Waals surface area contributed by atoms with Gasteiger partial charge >= 0.3 is 0 Å². The van der Waals surface area contributed by atoms with Gasteiger partial charge in [0.1, 0.15) is 5.82 Å². The number of fused-ring (bicyclic) bond motifs is 1. The molecule has 1 aliphatic rings. The van der Waals surface area contributed by atoms with E-state index in [1.165, 1.54) is 18.2 Å². The SMILES string of the molecule is C=CC1=NCc2cc(CC(=O)c3c(F)cccc3Cl)ccc21. The first-order valence-corrected chi connectivity index (χ1v) is 7.24. The molecule has 0 radical (unpaired) electrons. The number of allylic oxidation sites excluding steroid dienone is 1. The Bertz CT molecular complexity index is 790. The topological polar surface area (TPSA) is 29.4 Å². The number of ketones is 1. The summed E-state index contributed by atoms with van der Waals surface area (Å²) in [5.74, 6) is -0.915. The Morgan fingerprint density at radius 3 is 2.91 bits per heavy atom. The van der Waals surface area contributed by atoms with Gasteiger partial charge in [-0.15, -0.1) is 0 Å². The summed E-state index contributed by atoms with van der Waals surface area (Å²) in [6, 6.07) is 9.96. The van der Waals surface area contributed by atoms with Gasteiger partial charge in [-0.1, -0.05) is 42.4 Å². The van der Waals surface area contributed by atoms with Crippen molar-refractivity contribution in [2.75, 3.05) is 0 Å². The van der Waals surface area contributed by atoms with Crippen molar-refractivity contribution in [3.8, 4) is 0 Å². The molecule has 0 bridgehead atoms. The minimum atomic E-state index is -0.587. The first kappa shape index (κ1) is 14.7. The van der Waals surface area contributed by atoms with Crippen LogP contribution in [0.2, 0.25) is 5.02 Å². The Balaban J connectivity index is 1.86. The molecule has 0 unspecified atom stereocenters. The van der Waals surface area contributed by atoms with E-state index < -0.39 is 5.82 Å². The quantitative estimate of drug-likeness (QED) is 0.770. The number of Topliss-reactive ketones (excluding diaryl/α,β-unsaturated/α-hetero) is 1. The summed E-state index contributed by atoms with van der Waals surface area (Å²) in [5, 5.41) is 0.142. The number of rotatable bonds is 4. The molecule has 0 saturated heterocycles. The van der Waals surface area contributed by atoms with E-state index in [2.05, 4.69) is 11.6 Å². The number of hydrogen-bond donors (Lipinski definition) is 0. The van der Waals surface area contributed by atoms with E-state index >= 15 is 0 Å². The van der Waals surface area contributed by atoms with Gasteiger partial charge in [-0.2, -0.15) is 0 Å². The third-order valence-electron chi connectivity index (χ3n) is 3.66. The number of benzene rings is 2. The first-order chi connectivity index (χ1) is 10.6. The highest BCUT2D eigenvalue weighted by atomic mass is 35.5. The highest BCUT2D eigenvalue weighted by Crippen LogP contribution is 2.24. The van der Waals surface area contributed by atoms with Gasteiger partial charge in [-0.25, -0.2) is 4.39 Å². The van der Waals surface area contributed by atoms with Gasteiger partial charge in [0.2, 0.25) is 0 Å². The second-order valence-corrected chi connectivity index (χ2v) is 5.50. The van der Waals surface area contributed by atoms with E-state index in [4.69, 9.17) is 11.6 Å². The van der Waals surface area contributed by atoms with Crippen LogP contribution < -0.4 is 0 Å². The molecule has 110 valence electrons. The van der Waals surface area contributed by atoms with Crippen LogP contribution in [0.1, 0.15) is 27.0 Å². The zero-order chi connectivity index (χ0) is 15.7. The Morgan fingerprint density at radius 1 is 1.36 bits per heavy atom. The molecule has 0 N–H and O–H groups in total. The molecule has 1 heterocycles. The van der Waals surface area contributed by atoms with Crippen LogP contribution in [0, 0.1) is 5.82 Å². The average molecular weight is 314 g/mol. The zero-order valence-corrected chi connectivity index (χ0v) is 12.5. The number of aliphatic imine (C=N–C) groups is 1. The third-order valence-corrected chi connectivity index (χ3v) is 3.98. The lowest BCUT2D eigenvalue weighted by Gasteiger charge is -2.07. The fourth-order valence-electron chi connectivity index (χ4n) is 2.61. The molecule has 0 atom stereocenters. The molecule has 0 spiro atoms. The van der Waals surface area contributed by atoms with Gasteiger partial charge in [-0.05, 0) is 29.3 Å². The summed E-state index contributed by atoms with van der Waals surface area (Å²) in [7, 11) is 0. The molecule has 2 aromatic rings. The normalized spacial score (nSPS) is 12.7. The monoisotopic (exact) mass is 313 g/mol. The second-order valence-electron chi connectivity index (χ2n) is 5.09. The minimum absolute atomic E-state index is 0.0484. The molecule has 0 fully saturated rings. The minimum Gasteiger partial charge on any atom is -0.294 e. The highest BCUT2D eigenvalue weighted by Gasteiger charge is 2.18. The predicted molar refractivity (Wildman–Crippen MR) is 86.3 cm³/mol. The highest BCUT2D eigenvalue weighted by molar-refractivity contribution is 6.34. The van der Waals surface area contributed by atoms with Crippen LogP contribution in [0.15, 0.2) is 54.0 Å². The number of nitrogens with zero attached hydrogens (tertiary/aromatic N) is 1. The molecule has 0 aliphatic carbocycles. The van der Waals surface area contributed by atoms with Crippen LogP contribution >= 0.6 is 11.6 Å². The summed E-state index contributed by atoms with van der Waals surface area (Å²) in [6.45, 7) is 4.31. The summed E-state index contributed by atoms with van der Waals surface area (Å²) < 4.78 is 13.8. The molecule has 1 aliphatic heterocycles. The lowest BCUT2D eigenvalue weighted by atomic mass is 9.97. The van der Waals surface area contributed by atoms with E-state index in [1.54, 1.807) is 6.08 Å². The maximum atomic E-state index is 13.8. The Morgan fingerprint density at radius 2 is 2.18 bits per heavy atom. The smallest absolute Gasteiger partial charge is 0.171 e. The number of halogens is 2. The summed E-state index contributed by atoms with van der Waals surface area (Å²) >= 11 is 5.93. The van der Waals surface area contributed by atoms with Crippen molar-refractivity contribution in [2.45, 2.75) is 13.0 Å². The largest absolute Gasteiger partial charge is 0.294 e. The molecule has 3 rings (SSSR count). The third kappa shape index (κ3) is 2.60. The van der Waals surface area contributed by atoms with Crippen molar-refractivity contribution < 1.29 is 9.18 Å². The van der Waals surface area contributed by atoms with Gasteiger partial charge in [-0.3, -0.25) is 9.79 Å². The molecular weight excluding hydrogens is 301 g/mol. The zero-order valence-electron chi connectivity index (χ0n) is 11.8. The number of carbonyl (C=O) groups excluding carboxylic acids is 1. The van der Waals surface area contributed by atoms with Crippen LogP contribution in [0.5, 0.6) is 0 Å². The van der Waals surface area contributed by atoms with E-state index in [0.29, 0.717) is 6.54 Å². The molecule has 0 saturated carbocycles. The molecule has 0 amide bonds. The van der Waals surface area contributed by atoms with Crippen molar-refractivity contribution in [3.63, 3.8) is 0 Å². The van der Waals surface area contributed by atoms with Crippen LogP contribution in [-0.4, -0.2) is 11.5 Å². The summed E-state index contributed by atoms with van der Waals surface area (Å²) in [4.78, 5) is 16.7. The van der Waals surface area contributed by atoms with Gasteiger partial charge in [0, 0.05) is 12.0 Å².